The van der Waals surface area contributed by atoms with Gasteiger partial charge in [0, 0.05) is 17.2 Å². The number of nitrogens with one attached hydrogen (secondary N) is 2. The molecular weight excluding hydrogens is 274 g/mol. The van der Waals surface area contributed by atoms with Crippen molar-refractivity contribution in [2.45, 2.75) is 19.8 Å². The van der Waals surface area contributed by atoms with Crippen molar-refractivity contribution in [1.82, 2.24) is 9.97 Å². The molecule has 1 aliphatic rings. The van der Waals surface area contributed by atoms with Gasteiger partial charge in [-0.2, -0.15) is 0 Å². The van der Waals surface area contributed by atoms with Crippen LogP contribution in [0.15, 0.2) is 42.5 Å². The minimum atomic E-state index is 0.123. The number of aromatic nitrogens is 2. The third-order valence-electron chi connectivity index (χ3n) is 4.10. The number of fused-ring (bicyclic) bond motifs is 1. The third-order valence-corrected chi connectivity index (χ3v) is 4.10. The Labute approximate surface area is 128 Å². The van der Waals surface area contributed by atoms with Gasteiger partial charge in [-0.3, -0.25) is 4.79 Å². The van der Waals surface area contributed by atoms with Crippen LogP contribution < -0.4 is 5.32 Å². The van der Waals surface area contributed by atoms with Crippen molar-refractivity contribution in [3.8, 4) is 11.4 Å². The number of hydrogen-bond acceptors (Lipinski definition) is 2. The van der Waals surface area contributed by atoms with Crippen molar-refractivity contribution >= 4 is 22.6 Å². The first-order valence-electron chi connectivity index (χ1n) is 7.57. The van der Waals surface area contributed by atoms with Crippen LogP contribution in [0.4, 0.5) is 5.69 Å². The molecule has 0 unspecified atom stereocenters. The molecule has 4 heteroatoms. The smallest absolute Gasteiger partial charge is 0.227 e. The molecule has 4 rings (SSSR count). The molecule has 1 aliphatic carbocycles. The number of rotatable bonds is 3. The van der Waals surface area contributed by atoms with Gasteiger partial charge in [0.15, 0.2) is 0 Å². The normalized spacial score (nSPS) is 14.2. The second kappa shape index (κ2) is 4.98. The molecule has 110 valence electrons. The van der Waals surface area contributed by atoms with Gasteiger partial charge < -0.3 is 10.3 Å². The fraction of sp³-hybridized carbons (Fsp3) is 0.222. The van der Waals surface area contributed by atoms with Crippen molar-refractivity contribution in [3.63, 3.8) is 0 Å². The Balaban J connectivity index is 1.68. The molecule has 1 aromatic heterocycles. The highest BCUT2D eigenvalue weighted by molar-refractivity contribution is 5.96. The lowest BCUT2D eigenvalue weighted by Crippen LogP contribution is -2.12. The lowest BCUT2D eigenvalue weighted by molar-refractivity contribution is -0.117. The first-order valence-corrected chi connectivity index (χ1v) is 7.57. The highest BCUT2D eigenvalue weighted by Gasteiger charge is 2.29. The SMILES string of the molecule is Cc1ccccc1-c1nc2ccc(NC(=O)C3CC3)cc2[nH]1. The van der Waals surface area contributed by atoms with Crippen LogP contribution in [-0.4, -0.2) is 15.9 Å². The first-order chi connectivity index (χ1) is 10.7. The molecule has 0 atom stereocenters. The topological polar surface area (TPSA) is 57.8 Å². The lowest BCUT2D eigenvalue weighted by atomic mass is 10.1. The van der Waals surface area contributed by atoms with Gasteiger partial charge in [-0.15, -0.1) is 0 Å². The van der Waals surface area contributed by atoms with Crippen LogP contribution in [0.25, 0.3) is 22.4 Å². The summed E-state index contributed by atoms with van der Waals surface area (Å²) < 4.78 is 0. The molecule has 2 N–H and O–H groups in total. The van der Waals surface area contributed by atoms with E-state index >= 15 is 0 Å². The number of hydrogen-bond donors (Lipinski definition) is 2. The lowest BCUT2D eigenvalue weighted by Gasteiger charge is -2.03. The molecule has 0 spiro atoms. The molecule has 0 radical (unpaired) electrons. The average Bonchev–Trinajstić information content (AvgIpc) is 3.28. The number of anilines is 1. The van der Waals surface area contributed by atoms with E-state index in [0.29, 0.717) is 0 Å². The predicted molar refractivity (Wildman–Crippen MR) is 87.6 cm³/mol. The summed E-state index contributed by atoms with van der Waals surface area (Å²) in [6.45, 7) is 2.07. The summed E-state index contributed by atoms with van der Waals surface area (Å²) in [7, 11) is 0. The standard InChI is InChI=1S/C18H17N3O/c1-11-4-2-3-5-14(11)17-20-15-9-8-13(10-16(15)21-17)19-18(22)12-6-7-12/h2-5,8-10,12H,6-7H2,1H3,(H,19,22)(H,20,21). The van der Waals surface area contributed by atoms with Gasteiger partial charge in [0.2, 0.25) is 5.91 Å². The van der Waals surface area contributed by atoms with E-state index in [4.69, 9.17) is 0 Å². The number of nitrogens with zero attached hydrogens (tertiary/aromatic N) is 1. The van der Waals surface area contributed by atoms with Crippen LogP contribution in [0.3, 0.4) is 0 Å². The van der Waals surface area contributed by atoms with E-state index in [1.54, 1.807) is 0 Å². The maximum absolute atomic E-state index is 11.8. The number of carbonyl (C=O) groups excluding carboxylic acids is 1. The summed E-state index contributed by atoms with van der Waals surface area (Å²) in [6.07, 6.45) is 2.02. The number of imidazole rings is 1. The fourth-order valence-corrected chi connectivity index (χ4v) is 2.64. The van der Waals surface area contributed by atoms with Gasteiger partial charge in [0.05, 0.1) is 11.0 Å². The molecule has 0 saturated heterocycles. The van der Waals surface area contributed by atoms with E-state index in [2.05, 4.69) is 34.3 Å². The van der Waals surface area contributed by atoms with E-state index in [1.807, 2.05) is 30.3 Å². The molecule has 1 amide bonds. The second-order valence-electron chi connectivity index (χ2n) is 5.90. The number of H-pyrrole nitrogens is 1. The third kappa shape index (κ3) is 2.37. The Morgan fingerprint density at radius 3 is 2.82 bits per heavy atom. The number of aromatic amines is 1. The molecule has 22 heavy (non-hydrogen) atoms. The van der Waals surface area contributed by atoms with Gasteiger partial charge >= 0.3 is 0 Å². The number of carbonyl (C=O) groups is 1. The zero-order valence-corrected chi connectivity index (χ0v) is 12.4. The minimum Gasteiger partial charge on any atom is -0.338 e. The highest BCUT2D eigenvalue weighted by Crippen LogP contribution is 2.31. The minimum absolute atomic E-state index is 0.123. The van der Waals surface area contributed by atoms with E-state index in [-0.39, 0.29) is 11.8 Å². The predicted octanol–water partition coefficient (Wildman–Crippen LogP) is 3.89. The van der Waals surface area contributed by atoms with Gasteiger partial charge in [-0.25, -0.2) is 4.98 Å². The molecule has 1 heterocycles. The van der Waals surface area contributed by atoms with E-state index in [1.165, 1.54) is 5.56 Å². The molecule has 0 aliphatic heterocycles. The van der Waals surface area contributed by atoms with Crippen LogP contribution in [0, 0.1) is 12.8 Å². The van der Waals surface area contributed by atoms with Crippen molar-refractivity contribution < 1.29 is 4.79 Å². The zero-order valence-electron chi connectivity index (χ0n) is 12.4. The largest absolute Gasteiger partial charge is 0.338 e. The van der Waals surface area contributed by atoms with E-state index in [0.717, 1.165) is 41.0 Å². The summed E-state index contributed by atoms with van der Waals surface area (Å²) >= 11 is 0. The maximum atomic E-state index is 11.8. The number of amides is 1. The summed E-state index contributed by atoms with van der Waals surface area (Å²) in [5.74, 6) is 1.19. The summed E-state index contributed by atoms with van der Waals surface area (Å²) in [6, 6.07) is 14.0. The van der Waals surface area contributed by atoms with Crippen LogP contribution in [0.2, 0.25) is 0 Å². The number of aryl methyl sites for hydroxylation is 1. The van der Waals surface area contributed by atoms with Gasteiger partial charge in [0.1, 0.15) is 5.82 Å². The van der Waals surface area contributed by atoms with Gasteiger partial charge in [-0.1, -0.05) is 24.3 Å². The molecule has 1 fully saturated rings. The van der Waals surface area contributed by atoms with Crippen LogP contribution in [0.5, 0.6) is 0 Å². The van der Waals surface area contributed by atoms with E-state index in [9.17, 15) is 4.79 Å². The molecule has 4 nitrogen and oxygen atoms in total. The monoisotopic (exact) mass is 291 g/mol. The molecule has 3 aromatic rings. The van der Waals surface area contributed by atoms with E-state index < -0.39 is 0 Å². The van der Waals surface area contributed by atoms with Crippen molar-refractivity contribution in [3.05, 3.63) is 48.0 Å². The molecule has 2 aromatic carbocycles. The summed E-state index contributed by atoms with van der Waals surface area (Å²) in [5.41, 5.74) is 4.95. The Kier molecular flexibility index (Phi) is 2.96. The van der Waals surface area contributed by atoms with Crippen LogP contribution in [-0.2, 0) is 4.79 Å². The second-order valence-corrected chi connectivity index (χ2v) is 5.90. The van der Waals surface area contributed by atoms with Gasteiger partial charge in [0.25, 0.3) is 0 Å². The Morgan fingerprint density at radius 1 is 1.23 bits per heavy atom. The summed E-state index contributed by atoms with van der Waals surface area (Å²) in [4.78, 5) is 19.8. The first kappa shape index (κ1) is 13.1. The maximum Gasteiger partial charge on any atom is 0.227 e. The van der Waals surface area contributed by atoms with Crippen LogP contribution >= 0.6 is 0 Å². The molecular formula is C18H17N3O. The van der Waals surface area contributed by atoms with Crippen molar-refractivity contribution in [2.75, 3.05) is 5.32 Å². The quantitative estimate of drug-likeness (QED) is 0.769. The zero-order chi connectivity index (χ0) is 15.1. The fourth-order valence-electron chi connectivity index (χ4n) is 2.64. The van der Waals surface area contributed by atoms with Crippen molar-refractivity contribution in [2.24, 2.45) is 5.92 Å². The number of benzene rings is 2. The molecule has 0 bridgehead atoms. The van der Waals surface area contributed by atoms with Crippen LogP contribution in [0.1, 0.15) is 18.4 Å². The van der Waals surface area contributed by atoms with Crippen molar-refractivity contribution in [1.29, 1.82) is 0 Å². The Bertz CT molecular complexity index is 862. The highest BCUT2D eigenvalue weighted by atomic mass is 16.2. The van der Waals surface area contributed by atoms with Gasteiger partial charge in [-0.05, 0) is 43.5 Å². The summed E-state index contributed by atoms with van der Waals surface area (Å²) in [5, 5.41) is 2.97. The Morgan fingerprint density at radius 2 is 2.05 bits per heavy atom. The average molecular weight is 291 g/mol. The molecule has 1 saturated carbocycles. The Hall–Kier alpha value is -2.62.